The second kappa shape index (κ2) is 8.09. The average molecular weight is 388 g/mol. The first kappa shape index (κ1) is 20.0. The van der Waals surface area contributed by atoms with Gasteiger partial charge in [0.15, 0.2) is 0 Å². The number of carbonyl (C=O) groups is 1. The van der Waals surface area contributed by atoms with Gasteiger partial charge in [0.05, 0.1) is 5.52 Å². The number of halogens is 3. The van der Waals surface area contributed by atoms with E-state index in [0.717, 1.165) is 18.1 Å². The van der Waals surface area contributed by atoms with Gasteiger partial charge in [-0.1, -0.05) is 6.92 Å². The minimum absolute atomic E-state index is 0.00422. The summed E-state index contributed by atoms with van der Waals surface area (Å²) in [4.78, 5) is 16.1. The fourth-order valence-electron chi connectivity index (χ4n) is 3.37. The molecule has 0 aliphatic heterocycles. The summed E-state index contributed by atoms with van der Waals surface area (Å²) in [6.45, 7) is 4.16. The number of amides is 1. The van der Waals surface area contributed by atoms with E-state index in [9.17, 15) is 18.0 Å². The fraction of sp³-hybridized carbons (Fsp3) is 0.318. The zero-order valence-electron chi connectivity index (χ0n) is 16.2. The molecular weight excluding hydrogens is 365 g/mol. The van der Waals surface area contributed by atoms with Gasteiger partial charge in [-0.05, 0) is 60.2 Å². The Morgan fingerprint density at radius 1 is 1.11 bits per heavy atom. The Balaban J connectivity index is 1.99. The SMILES string of the molecule is CC(=O)N(C)CCC(C)Cc1c(-c2ccc(F)cc2)[nH]c2c(F)cc(F)cc12. The van der Waals surface area contributed by atoms with Crippen LogP contribution in [0.3, 0.4) is 0 Å². The largest absolute Gasteiger partial charge is 0.352 e. The van der Waals surface area contributed by atoms with Gasteiger partial charge in [-0.2, -0.15) is 0 Å². The number of nitrogens with one attached hydrogen (secondary N) is 1. The van der Waals surface area contributed by atoms with Crippen molar-refractivity contribution in [2.24, 2.45) is 5.92 Å². The Morgan fingerprint density at radius 3 is 2.43 bits per heavy atom. The van der Waals surface area contributed by atoms with E-state index in [4.69, 9.17) is 0 Å². The Morgan fingerprint density at radius 2 is 1.79 bits per heavy atom. The number of hydrogen-bond acceptors (Lipinski definition) is 1. The van der Waals surface area contributed by atoms with E-state index in [1.165, 1.54) is 25.1 Å². The molecule has 0 aliphatic carbocycles. The molecular formula is C22H23F3N2O. The van der Waals surface area contributed by atoms with Crippen molar-refractivity contribution in [3.05, 3.63) is 59.4 Å². The summed E-state index contributed by atoms with van der Waals surface area (Å²) in [5.74, 6) is -1.49. The first-order valence-corrected chi connectivity index (χ1v) is 9.23. The van der Waals surface area contributed by atoms with Crippen LogP contribution in [-0.2, 0) is 11.2 Å². The summed E-state index contributed by atoms with van der Waals surface area (Å²) in [6.07, 6.45) is 1.32. The smallest absolute Gasteiger partial charge is 0.219 e. The van der Waals surface area contributed by atoms with E-state index in [1.54, 1.807) is 24.1 Å². The first-order chi connectivity index (χ1) is 13.3. The molecule has 1 amide bonds. The molecule has 1 unspecified atom stereocenters. The predicted molar refractivity (Wildman–Crippen MR) is 104 cm³/mol. The van der Waals surface area contributed by atoms with Crippen LogP contribution in [0, 0.1) is 23.4 Å². The lowest BCUT2D eigenvalue weighted by Gasteiger charge is -2.18. The van der Waals surface area contributed by atoms with Crippen LogP contribution in [0.15, 0.2) is 36.4 Å². The van der Waals surface area contributed by atoms with Gasteiger partial charge in [0.25, 0.3) is 0 Å². The van der Waals surface area contributed by atoms with Gasteiger partial charge < -0.3 is 9.88 Å². The normalized spacial score (nSPS) is 12.4. The summed E-state index contributed by atoms with van der Waals surface area (Å²) in [7, 11) is 1.75. The number of H-pyrrole nitrogens is 1. The van der Waals surface area contributed by atoms with Gasteiger partial charge in [0.2, 0.25) is 5.91 Å². The maximum atomic E-state index is 14.3. The van der Waals surface area contributed by atoms with E-state index < -0.39 is 11.6 Å². The van der Waals surface area contributed by atoms with Crippen LogP contribution < -0.4 is 0 Å². The number of fused-ring (bicyclic) bond motifs is 1. The number of benzene rings is 2. The molecule has 0 bridgehead atoms. The molecule has 3 aromatic rings. The number of hydrogen-bond donors (Lipinski definition) is 1. The van der Waals surface area contributed by atoms with Crippen molar-refractivity contribution in [2.75, 3.05) is 13.6 Å². The Kier molecular flexibility index (Phi) is 5.77. The molecule has 148 valence electrons. The highest BCUT2D eigenvalue weighted by Gasteiger charge is 2.19. The summed E-state index contributed by atoms with van der Waals surface area (Å²) < 4.78 is 41.5. The highest BCUT2D eigenvalue weighted by molar-refractivity contribution is 5.91. The fourth-order valence-corrected chi connectivity index (χ4v) is 3.37. The van der Waals surface area contributed by atoms with Gasteiger partial charge in [-0.15, -0.1) is 0 Å². The maximum absolute atomic E-state index is 14.3. The van der Waals surface area contributed by atoms with Crippen LogP contribution in [-0.4, -0.2) is 29.4 Å². The van der Waals surface area contributed by atoms with Gasteiger partial charge in [-0.3, -0.25) is 4.79 Å². The highest BCUT2D eigenvalue weighted by Crippen LogP contribution is 2.34. The van der Waals surface area contributed by atoms with Crippen LogP contribution in [0.2, 0.25) is 0 Å². The third-order valence-electron chi connectivity index (χ3n) is 5.11. The second-order valence-corrected chi connectivity index (χ2v) is 7.33. The second-order valence-electron chi connectivity index (χ2n) is 7.33. The molecule has 0 aliphatic rings. The molecule has 3 rings (SSSR count). The van der Waals surface area contributed by atoms with Crippen LogP contribution in [0.5, 0.6) is 0 Å². The molecule has 1 N–H and O–H groups in total. The highest BCUT2D eigenvalue weighted by atomic mass is 19.1. The van der Waals surface area contributed by atoms with Crippen LogP contribution >= 0.6 is 0 Å². The molecule has 6 heteroatoms. The lowest BCUT2D eigenvalue weighted by Crippen LogP contribution is -2.26. The first-order valence-electron chi connectivity index (χ1n) is 9.23. The molecule has 1 aromatic heterocycles. The molecule has 1 atom stereocenters. The zero-order chi connectivity index (χ0) is 20.4. The number of aromatic nitrogens is 1. The molecule has 3 nitrogen and oxygen atoms in total. The van der Waals surface area contributed by atoms with E-state index in [-0.39, 0.29) is 23.2 Å². The van der Waals surface area contributed by atoms with Crippen molar-refractivity contribution < 1.29 is 18.0 Å². The third-order valence-corrected chi connectivity index (χ3v) is 5.11. The minimum Gasteiger partial charge on any atom is -0.352 e. The molecule has 1 heterocycles. The summed E-state index contributed by atoms with van der Waals surface area (Å²) in [5, 5.41) is 0.489. The van der Waals surface area contributed by atoms with Crippen LogP contribution in [0.1, 0.15) is 25.8 Å². The van der Waals surface area contributed by atoms with Gasteiger partial charge in [-0.25, -0.2) is 13.2 Å². The molecule has 0 fully saturated rings. The lowest BCUT2D eigenvalue weighted by molar-refractivity contribution is -0.127. The summed E-state index contributed by atoms with van der Waals surface area (Å²) in [5.41, 5.74) is 2.40. The molecule has 0 saturated heterocycles. The Bertz CT molecular complexity index is 995. The molecule has 2 aromatic carbocycles. The minimum atomic E-state index is -0.659. The van der Waals surface area contributed by atoms with E-state index in [1.807, 2.05) is 6.92 Å². The van der Waals surface area contributed by atoms with Crippen molar-refractivity contribution >= 4 is 16.8 Å². The zero-order valence-corrected chi connectivity index (χ0v) is 16.2. The number of aromatic amines is 1. The van der Waals surface area contributed by atoms with Crippen LogP contribution in [0.4, 0.5) is 13.2 Å². The van der Waals surface area contributed by atoms with Crippen molar-refractivity contribution in [1.82, 2.24) is 9.88 Å². The van der Waals surface area contributed by atoms with E-state index in [0.29, 0.717) is 29.6 Å². The lowest BCUT2D eigenvalue weighted by atomic mass is 9.93. The quantitative estimate of drug-likeness (QED) is 0.611. The summed E-state index contributed by atoms with van der Waals surface area (Å²) >= 11 is 0. The average Bonchev–Trinajstić information content (AvgIpc) is 2.99. The standard InChI is InChI=1S/C22H23F3N2O/c1-13(8-9-27(3)14(2)28)10-18-19-11-17(24)12-20(25)22(19)26-21(18)15-4-6-16(23)7-5-15/h4-7,11-13,26H,8-10H2,1-3H3. The molecule has 0 saturated carbocycles. The van der Waals surface area contributed by atoms with Crippen molar-refractivity contribution in [2.45, 2.75) is 26.7 Å². The van der Waals surface area contributed by atoms with Crippen molar-refractivity contribution in [1.29, 1.82) is 0 Å². The predicted octanol–water partition coefficient (Wildman–Crippen LogP) is 5.30. The molecule has 28 heavy (non-hydrogen) atoms. The molecule has 0 radical (unpaired) electrons. The van der Waals surface area contributed by atoms with Crippen LogP contribution in [0.25, 0.3) is 22.2 Å². The van der Waals surface area contributed by atoms with Crippen molar-refractivity contribution in [3.8, 4) is 11.3 Å². The van der Waals surface area contributed by atoms with Crippen molar-refractivity contribution in [3.63, 3.8) is 0 Å². The van der Waals surface area contributed by atoms with Gasteiger partial charge in [0.1, 0.15) is 17.5 Å². The van der Waals surface area contributed by atoms with E-state index in [2.05, 4.69) is 4.98 Å². The Hall–Kier alpha value is -2.76. The summed E-state index contributed by atoms with van der Waals surface area (Å²) in [6, 6.07) is 8.09. The third kappa shape index (κ3) is 4.21. The number of carbonyl (C=O) groups excluding carboxylic acids is 1. The van der Waals surface area contributed by atoms with Gasteiger partial charge in [0, 0.05) is 37.7 Å². The molecule has 0 spiro atoms. The maximum Gasteiger partial charge on any atom is 0.219 e. The number of nitrogens with zero attached hydrogens (tertiary/aromatic N) is 1. The monoisotopic (exact) mass is 388 g/mol. The topological polar surface area (TPSA) is 36.1 Å². The van der Waals surface area contributed by atoms with E-state index >= 15 is 0 Å². The van der Waals surface area contributed by atoms with Gasteiger partial charge >= 0.3 is 0 Å². The Labute approximate surface area is 162 Å². The number of rotatable bonds is 6.